The largest absolute Gasteiger partial charge is 0.341 e. The van der Waals surface area contributed by atoms with Crippen molar-refractivity contribution in [3.05, 3.63) is 6.04 Å². The van der Waals surface area contributed by atoms with Gasteiger partial charge < -0.3 is 4.90 Å². The molecule has 47 valence electrons. The van der Waals surface area contributed by atoms with E-state index in [9.17, 15) is 4.79 Å². The zero-order chi connectivity index (χ0) is 6.57. The minimum absolute atomic E-state index is 0.818. The van der Waals surface area contributed by atoms with Crippen molar-refractivity contribution < 1.29 is 4.79 Å². The first-order valence-corrected chi connectivity index (χ1v) is 2.73. The average molecular weight is 114 g/mol. The summed E-state index contributed by atoms with van der Waals surface area (Å²) >= 11 is 0. The van der Waals surface area contributed by atoms with Crippen LogP contribution in [0, 0.1) is 6.04 Å². The van der Waals surface area contributed by atoms with Crippen molar-refractivity contribution in [3.8, 4) is 0 Å². The number of carbonyl (C=O) groups is 1. The van der Waals surface area contributed by atoms with Gasteiger partial charge in [-0.3, -0.25) is 4.79 Å². The van der Waals surface area contributed by atoms with E-state index in [0.29, 0.717) is 0 Å². The first kappa shape index (κ1) is 7.47. The second-order valence-electron chi connectivity index (χ2n) is 1.81. The molecule has 0 unspecified atom stereocenters. The van der Waals surface area contributed by atoms with Gasteiger partial charge in [-0.25, -0.2) is 0 Å². The van der Waals surface area contributed by atoms with Gasteiger partial charge in [-0.05, 0) is 13.3 Å². The van der Waals surface area contributed by atoms with E-state index in [1.54, 1.807) is 11.9 Å². The molecule has 2 nitrogen and oxygen atoms in total. The molecule has 0 aliphatic carbocycles. The SMILES string of the molecule is CC[C](C)N(C)C=O. The quantitative estimate of drug-likeness (QED) is 0.502. The van der Waals surface area contributed by atoms with Crippen LogP contribution >= 0.6 is 0 Å². The number of hydrogen-bond acceptors (Lipinski definition) is 1. The third-order valence-corrected chi connectivity index (χ3v) is 1.27. The molecule has 0 saturated heterocycles. The third-order valence-electron chi connectivity index (χ3n) is 1.27. The molecule has 0 heterocycles. The molecule has 0 fully saturated rings. The van der Waals surface area contributed by atoms with Crippen LogP contribution in [0.25, 0.3) is 0 Å². The molecule has 0 rings (SSSR count). The van der Waals surface area contributed by atoms with E-state index in [0.717, 1.165) is 18.9 Å². The molecular weight excluding hydrogens is 102 g/mol. The molecule has 1 amide bonds. The summed E-state index contributed by atoms with van der Waals surface area (Å²) < 4.78 is 0. The molecule has 0 atom stereocenters. The first-order chi connectivity index (χ1) is 3.72. The van der Waals surface area contributed by atoms with Crippen LogP contribution in [0.15, 0.2) is 0 Å². The van der Waals surface area contributed by atoms with Gasteiger partial charge in [0.1, 0.15) is 0 Å². The highest BCUT2D eigenvalue weighted by atomic mass is 16.1. The van der Waals surface area contributed by atoms with Gasteiger partial charge in [-0.1, -0.05) is 6.92 Å². The molecule has 0 aliphatic rings. The van der Waals surface area contributed by atoms with Crippen molar-refractivity contribution in [3.63, 3.8) is 0 Å². The Morgan fingerprint density at radius 2 is 2.25 bits per heavy atom. The maximum atomic E-state index is 10.0. The number of hydrogen-bond donors (Lipinski definition) is 0. The summed E-state index contributed by atoms with van der Waals surface area (Å²) in [7, 11) is 1.76. The first-order valence-electron chi connectivity index (χ1n) is 2.73. The van der Waals surface area contributed by atoms with E-state index in [4.69, 9.17) is 0 Å². The van der Waals surface area contributed by atoms with Gasteiger partial charge in [0, 0.05) is 7.05 Å². The number of nitrogens with zero attached hydrogens (tertiary/aromatic N) is 1. The van der Waals surface area contributed by atoms with Crippen LogP contribution in [0.2, 0.25) is 0 Å². The van der Waals surface area contributed by atoms with E-state index in [1.807, 2.05) is 13.8 Å². The van der Waals surface area contributed by atoms with Crippen molar-refractivity contribution in [1.29, 1.82) is 0 Å². The monoisotopic (exact) mass is 114 g/mol. The Morgan fingerprint density at radius 3 is 2.38 bits per heavy atom. The maximum Gasteiger partial charge on any atom is 0.209 e. The predicted octanol–water partition coefficient (Wildman–Crippen LogP) is 1.04. The Balaban J connectivity index is 3.44. The third kappa shape index (κ3) is 1.96. The molecule has 0 aromatic carbocycles. The van der Waals surface area contributed by atoms with Crippen LogP contribution in [0.5, 0.6) is 0 Å². The molecule has 0 aromatic rings. The Kier molecular flexibility index (Phi) is 3.24. The summed E-state index contributed by atoms with van der Waals surface area (Å²) in [5, 5.41) is 0. The van der Waals surface area contributed by atoms with E-state index >= 15 is 0 Å². The molecular formula is C6H12NO. The van der Waals surface area contributed by atoms with Crippen molar-refractivity contribution in [2.45, 2.75) is 20.3 Å². The predicted molar refractivity (Wildman–Crippen MR) is 33.0 cm³/mol. The molecule has 8 heavy (non-hydrogen) atoms. The minimum Gasteiger partial charge on any atom is -0.341 e. The van der Waals surface area contributed by atoms with Gasteiger partial charge in [0.15, 0.2) is 0 Å². The van der Waals surface area contributed by atoms with E-state index in [-0.39, 0.29) is 0 Å². The lowest BCUT2D eigenvalue weighted by atomic mass is 10.2. The highest BCUT2D eigenvalue weighted by Crippen LogP contribution is 2.04. The van der Waals surface area contributed by atoms with Gasteiger partial charge in [0.25, 0.3) is 0 Å². The number of amides is 1. The van der Waals surface area contributed by atoms with Crippen LogP contribution in [0.1, 0.15) is 20.3 Å². The Morgan fingerprint density at radius 1 is 1.75 bits per heavy atom. The van der Waals surface area contributed by atoms with E-state index in [1.165, 1.54) is 0 Å². The molecule has 1 radical (unpaired) electrons. The van der Waals surface area contributed by atoms with Crippen molar-refractivity contribution in [2.24, 2.45) is 0 Å². The van der Waals surface area contributed by atoms with Crippen LogP contribution < -0.4 is 0 Å². The summed E-state index contributed by atoms with van der Waals surface area (Å²) in [5.41, 5.74) is 0. The molecule has 0 N–H and O–H groups in total. The zero-order valence-electron chi connectivity index (χ0n) is 5.64. The molecule has 0 spiro atoms. The van der Waals surface area contributed by atoms with Crippen LogP contribution in [0.3, 0.4) is 0 Å². The summed E-state index contributed by atoms with van der Waals surface area (Å²) in [6.45, 7) is 3.96. The second-order valence-corrected chi connectivity index (χ2v) is 1.81. The fourth-order valence-corrected chi connectivity index (χ4v) is 0.339. The van der Waals surface area contributed by atoms with Crippen molar-refractivity contribution in [1.82, 2.24) is 4.90 Å². The summed E-state index contributed by atoms with van der Waals surface area (Å²) in [5.74, 6) is 0. The normalized spacial score (nSPS) is 9.50. The van der Waals surface area contributed by atoms with Gasteiger partial charge in [-0.15, -0.1) is 0 Å². The number of rotatable bonds is 3. The van der Waals surface area contributed by atoms with E-state index < -0.39 is 0 Å². The highest BCUT2D eigenvalue weighted by molar-refractivity contribution is 5.48. The summed E-state index contributed by atoms with van der Waals surface area (Å²) in [6.07, 6.45) is 1.76. The highest BCUT2D eigenvalue weighted by Gasteiger charge is 2.01. The van der Waals surface area contributed by atoms with Crippen LogP contribution in [-0.2, 0) is 4.79 Å². The van der Waals surface area contributed by atoms with Gasteiger partial charge in [-0.2, -0.15) is 0 Å². The molecule has 0 aromatic heterocycles. The summed E-state index contributed by atoms with van der Waals surface area (Å²) in [4.78, 5) is 11.6. The fourth-order valence-electron chi connectivity index (χ4n) is 0.339. The van der Waals surface area contributed by atoms with Gasteiger partial charge in [0.05, 0.1) is 6.04 Å². The Hall–Kier alpha value is -0.530. The Bertz CT molecular complexity index is 72.9. The molecule has 0 bridgehead atoms. The minimum atomic E-state index is 0.818. The molecule has 0 aliphatic heterocycles. The lowest BCUT2D eigenvalue weighted by Gasteiger charge is -2.16. The fraction of sp³-hybridized carbons (Fsp3) is 0.667. The Labute approximate surface area is 50.5 Å². The zero-order valence-corrected chi connectivity index (χ0v) is 5.64. The van der Waals surface area contributed by atoms with Crippen molar-refractivity contribution >= 4 is 6.41 Å². The second kappa shape index (κ2) is 3.47. The topological polar surface area (TPSA) is 20.3 Å². The average Bonchev–Trinajstić information content (AvgIpc) is 1.84. The van der Waals surface area contributed by atoms with Gasteiger partial charge in [0.2, 0.25) is 6.41 Å². The standard InChI is InChI=1S/C6H12NO/c1-4-6(2)7(3)5-8/h5H,4H2,1-3H3. The number of carbonyl (C=O) groups excluding carboxylic acids is 1. The lowest BCUT2D eigenvalue weighted by Crippen LogP contribution is -2.19. The van der Waals surface area contributed by atoms with Gasteiger partial charge >= 0.3 is 0 Å². The summed E-state index contributed by atoms with van der Waals surface area (Å²) in [6, 6.07) is 1.10. The van der Waals surface area contributed by atoms with E-state index in [2.05, 4.69) is 0 Å². The van der Waals surface area contributed by atoms with Crippen LogP contribution in [0.4, 0.5) is 0 Å². The lowest BCUT2D eigenvalue weighted by molar-refractivity contribution is -0.116. The molecule has 2 heteroatoms. The van der Waals surface area contributed by atoms with Crippen LogP contribution in [-0.4, -0.2) is 18.4 Å². The smallest absolute Gasteiger partial charge is 0.209 e. The molecule has 0 saturated carbocycles. The van der Waals surface area contributed by atoms with Crippen molar-refractivity contribution in [2.75, 3.05) is 7.05 Å². The maximum absolute atomic E-state index is 10.0.